The standard InChI is InChI=1S/C29H22ClF4N5O3/c1-16-12-17(6-7-21(16)31)25-26(39-27(37-25)22(15-23(30)38-39)42-11-10-41-2)18-8-9-35-24(14-18)36-28(40)19-4-3-5-20(13-19)29(32,33)34/h3-9,12-15H,10-11H2,1-2H3,(H,35,36,40). The van der Waals surface area contributed by atoms with E-state index in [0.29, 0.717) is 46.1 Å². The van der Waals surface area contributed by atoms with E-state index in [1.165, 1.54) is 42.1 Å². The smallest absolute Gasteiger partial charge is 0.416 e. The van der Waals surface area contributed by atoms with Crippen molar-refractivity contribution in [2.24, 2.45) is 0 Å². The van der Waals surface area contributed by atoms with Crippen LogP contribution in [0.1, 0.15) is 21.5 Å². The summed E-state index contributed by atoms with van der Waals surface area (Å²) in [5.41, 5.74) is 1.44. The van der Waals surface area contributed by atoms with E-state index in [9.17, 15) is 22.4 Å². The Morgan fingerprint density at radius 3 is 2.60 bits per heavy atom. The van der Waals surface area contributed by atoms with Gasteiger partial charge in [0.25, 0.3) is 5.91 Å². The molecular formula is C29H22ClF4N5O3. The van der Waals surface area contributed by atoms with Gasteiger partial charge in [-0.2, -0.15) is 18.3 Å². The van der Waals surface area contributed by atoms with E-state index in [2.05, 4.69) is 15.4 Å². The lowest BCUT2D eigenvalue weighted by Crippen LogP contribution is -2.14. The molecule has 8 nitrogen and oxygen atoms in total. The molecule has 0 fully saturated rings. The maximum Gasteiger partial charge on any atom is 0.416 e. The number of rotatable bonds is 8. The molecular weight excluding hydrogens is 578 g/mol. The number of fused-ring (bicyclic) bond motifs is 1. The molecule has 3 heterocycles. The van der Waals surface area contributed by atoms with E-state index >= 15 is 0 Å². The van der Waals surface area contributed by atoms with Crippen molar-refractivity contribution in [3.05, 3.63) is 94.5 Å². The number of halogens is 5. The third-order valence-electron chi connectivity index (χ3n) is 6.22. The van der Waals surface area contributed by atoms with Crippen molar-refractivity contribution in [1.29, 1.82) is 0 Å². The maximum absolute atomic E-state index is 14.1. The number of alkyl halides is 3. The Morgan fingerprint density at radius 1 is 1.05 bits per heavy atom. The molecule has 216 valence electrons. The molecule has 0 radical (unpaired) electrons. The number of nitrogens with one attached hydrogen (secondary N) is 1. The van der Waals surface area contributed by atoms with Gasteiger partial charge < -0.3 is 14.8 Å². The molecule has 5 aromatic rings. The van der Waals surface area contributed by atoms with Crippen LogP contribution < -0.4 is 10.1 Å². The van der Waals surface area contributed by atoms with Gasteiger partial charge in [-0.3, -0.25) is 4.79 Å². The van der Waals surface area contributed by atoms with Crippen LogP contribution >= 0.6 is 11.6 Å². The highest BCUT2D eigenvalue weighted by Crippen LogP contribution is 2.37. The highest BCUT2D eigenvalue weighted by atomic mass is 35.5. The zero-order valence-corrected chi connectivity index (χ0v) is 22.9. The molecule has 0 saturated carbocycles. The number of methoxy groups -OCH3 is 1. The molecule has 13 heteroatoms. The average Bonchev–Trinajstić information content (AvgIpc) is 3.34. The minimum atomic E-state index is -4.60. The fourth-order valence-corrected chi connectivity index (χ4v) is 4.41. The molecule has 42 heavy (non-hydrogen) atoms. The molecule has 0 unspecified atom stereocenters. The molecule has 0 spiro atoms. The Balaban J connectivity index is 1.61. The van der Waals surface area contributed by atoms with Crippen LogP contribution in [-0.4, -0.2) is 45.8 Å². The Labute approximate surface area is 241 Å². The second-order valence-corrected chi connectivity index (χ2v) is 9.53. The first-order valence-corrected chi connectivity index (χ1v) is 12.9. The molecule has 5 rings (SSSR count). The van der Waals surface area contributed by atoms with Gasteiger partial charge in [0.2, 0.25) is 0 Å². The number of carbonyl (C=O) groups is 1. The second-order valence-electron chi connectivity index (χ2n) is 9.14. The van der Waals surface area contributed by atoms with Crippen LogP contribution in [-0.2, 0) is 10.9 Å². The molecule has 0 saturated heterocycles. The zero-order chi connectivity index (χ0) is 30.0. The maximum atomic E-state index is 14.1. The summed E-state index contributed by atoms with van der Waals surface area (Å²) in [4.78, 5) is 21.8. The fraction of sp³-hybridized carbons (Fsp3) is 0.172. The van der Waals surface area contributed by atoms with Crippen LogP contribution in [0.4, 0.5) is 23.4 Å². The molecule has 3 aromatic heterocycles. The summed E-state index contributed by atoms with van der Waals surface area (Å²) in [5, 5.41) is 7.06. The van der Waals surface area contributed by atoms with Crippen LogP contribution in [0.25, 0.3) is 28.2 Å². The number of nitrogens with zero attached hydrogens (tertiary/aromatic N) is 4. The minimum absolute atomic E-state index is 0.0599. The van der Waals surface area contributed by atoms with Crippen molar-refractivity contribution in [3.8, 4) is 28.3 Å². The molecule has 1 N–H and O–H groups in total. The van der Waals surface area contributed by atoms with Gasteiger partial charge in [0.15, 0.2) is 16.5 Å². The Bertz CT molecular complexity index is 1790. The van der Waals surface area contributed by atoms with Crippen molar-refractivity contribution in [2.75, 3.05) is 25.6 Å². The number of ether oxygens (including phenoxy) is 2. The molecule has 0 aliphatic heterocycles. The monoisotopic (exact) mass is 599 g/mol. The molecule has 0 aliphatic carbocycles. The second kappa shape index (κ2) is 11.7. The first-order valence-electron chi connectivity index (χ1n) is 12.5. The number of benzene rings is 2. The Kier molecular flexibility index (Phi) is 8.10. The molecule has 2 aromatic carbocycles. The summed E-state index contributed by atoms with van der Waals surface area (Å²) < 4.78 is 66.0. The van der Waals surface area contributed by atoms with Crippen LogP contribution in [0.15, 0.2) is 66.9 Å². The van der Waals surface area contributed by atoms with E-state index in [1.54, 1.807) is 25.1 Å². The number of carbonyl (C=O) groups excluding carboxylic acids is 1. The number of hydrogen-bond donors (Lipinski definition) is 1. The van der Waals surface area contributed by atoms with E-state index in [-0.39, 0.29) is 23.1 Å². The van der Waals surface area contributed by atoms with E-state index in [0.717, 1.165) is 18.2 Å². The van der Waals surface area contributed by atoms with E-state index < -0.39 is 23.5 Å². The van der Waals surface area contributed by atoms with Crippen molar-refractivity contribution >= 4 is 29.0 Å². The van der Waals surface area contributed by atoms with Crippen molar-refractivity contribution in [1.82, 2.24) is 19.6 Å². The number of aryl methyl sites for hydroxylation is 1. The van der Waals surface area contributed by atoms with Gasteiger partial charge >= 0.3 is 6.18 Å². The largest absolute Gasteiger partial charge is 0.487 e. The normalized spacial score (nSPS) is 11.6. The SMILES string of the molecule is COCCOc1cc(Cl)nn2c(-c3ccnc(NC(=O)c4cccc(C(F)(F)F)c4)c3)c(-c3ccc(F)c(C)c3)nc12. The van der Waals surface area contributed by atoms with E-state index in [4.69, 9.17) is 26.1 Å². The average molecular weight is 600 g/mol. The first-order chi connectivity index (χ1) is 20.0. The summed E-state index contributed by atoms with van der Waals surface area (Å²) >= 11 is 6.34. The van der Waals surface area contributed by atoms with E-state index in [1.807, 2.05) is 0 Å². The highest BCUT2D eigenvalue weighted by molar-refractivity contribution is 6.29. The number of anilines is 1. The lowest BCUT2D eigenvalue weighted by Gasteiger charge is -2.11. The van der Waals surface area contributed by atoms with Gasteiger partial charge in [-0.25, -0.2) is 18.9 Å². The number of pyridine rings is 1. The summed E-state index contributed by atoms with van der Waals surface area (Å²) in [5.74, 6) is -0.791. The summed E-state index contributed by atoms with van der Waals surface area (Å²) in [6, 6.07) is 13.2. The first kappa shape index (κ1) is 29.0. The minimum Gasteiger partial charge on any atom is -0.487 e. The van der Waals surface area contributed by atoms with Gasteiger partial charge in [-0.05, 0) is 61.0 Å². The lowest BCUT2D eigenvalue weighted by molar-refractivity contribution is -0.137. The molecule has 0 bridgehead atoms. The van der Waals surface area contributed by atoms with Crippen LogP contribution in [0.5, 0.6) is 5.75 Å². The van der Waals surface area contributed by atoms with Gasteiger partial charge in [0.1, 0.15) is 23.9 Å². The quantitative estimate of drug-likeness (QED) is 0.155. The molecule has 1 amide bonds. The fourth-order valence-electron chi connectivity index (χ4n) is 4.23. The third-order valence-corrected chi connectivity index (χ3v) is 6.41. The van der Waals surface area contributed by atoms with Crippen LogP contribution in [0, 0.1) is 12.7 Å². The summed E-state index contributed by atoms with van der Waals surface area (Å²) in [6.45, 7) is 2.14. The van der Waals surface area contributed by atoms with Gasteiger partial charge in [0.05, 0.1) is 17.9 Å². The number of aromatic nitrogens is 4. The Morgan fingerprint density at radius 2 is 1.86 bits per heavy atom. The van der Waals surface area contributed by atoms with Gasteiger partial charge in [-0.15, -0.1) is 0 Å². The zero-order valence-electron chi connectivity index (χ0n) is 22.2. The van der Waals surface area contributed by atoms with Crippen molar-refractivity contribution in [3.63, 3.8) is 0 Å². The lowest BCUT2D eigenvalue weighted by atomic mass is 10.0. The van der Waals surface area contributed by atoms with Gasteiger partial charge in [0, 0.05) is 36.1 Å². The molecule has 0 atom stereocenters. The molecule has 0 aliphatic rings. The van der Waals surface area contributed by atoms with Crippen molar-refractivity contribution < 1.29 is 31.8 Å². The Hall–Kier alpha value is -4.55. The van der Waals surface area contributed by atoms with Crippen LogP contribution in [0.3, 0.4) is 0 Å². The number of hydrogen-bond acceptors (Lipinski definition) is 6. The van der Waals surface area contributed by atoms with Crippen LogP contribution in [0.2, 0.25) is 5.15 Å². The van der Waals surface area contributed by atoms with Crippen molar-refractivity contribution in [2.45, 2.75) is 13.1 Å². The number of amides is 1. The summed E-state index contributed by atoms with van der Waals surface area (Å²) in [6.07, 6.45) is -3.19. The predicted octanol–water partition coefficient (Wildman–Crippen LogP) is 6.86. The highest BCUT2D eigenvalue weighted by Gasteiger charge is 2.31. The predicted molar refractivity (Wildman–Crippen MR) is 148 cm³/mol. The topological polar surface area (TPSA) is 90.6 Å². The summed E-state index contributed by atoms with van der Waals surface area (Å²) in [7, 11) is 1.54. The third kappa shape index (κ3) is 6.04. The number of imidazole rings is 1. The van der Waals surface area contributed by atoms with Gasteiger partial charge in [-0.1, -0.05) is 17.7 Å².